The number of hydrogen-bond acceptors (Lipinski definition) is 8. The topological polar surface area (TPSA) is 135 Å². The Hall–Kier alpha value is -3.80. The van der Waals surface area contributed by atoms with Gasteiger partial charge in [0.15, 0.2) is 11.5 Å². The van der Waals surface area contributed by atoms with Crippen LogP contribution >= 0.6 is 0 Å². The summed E-state index contributed by atoms with van der Waals surface area (Å²) in [5, 5.41) is 23.5. The summed E-state index contributed by atoms with van der Waals surface area (Å²) in [6.07, 6.45) is -0.107. The summed E-state index contributed by atoms with van der Waals surface area (Å²) in [6, 6.07) is 7.70. The largest absolute Gasteiger partial charge is 0.493 e. The molecule has 10 nitrogen and oxygen atoms in total. The molecule has 2 aromatic rings. The van der Waals surface area contributed by atoms with Crippen LogP contribution in [0.2, 0.25) is 0 Å². The second-order valence-electron chi connectivity index (χ2n) is 9.29. The minimum absolute atomic E-state index is 0.00644. The molecular weight excluding hydrogens is 511 g/mol. The van der Waals surface area contributed by atoms with Crippen molar-refractivity contribution >= 4 is 18.1 Å². The van der Waals surface area contributed by atoms with Gasteiger partial charge in [0.25, 0.3) is 0 Å². The van der Waals surface area contributed by atoms with Gasteiger partial charge >= 0.3 is 0 Å². The highest BCUT2D eigenvalue weighted by Gasteiger charge is 2.51. The van der Waals surface area contributed by atoms with Gasteiger partial charge in [-0.15, -0.1) is 0 Å². The molecule has 2 aromatic carbocycles. The molecule has 4 rings (SSSR count). The number of fused-ring (bicyclic) bond motifs is 3. The Morgan fingerprint density at radius 1 is 1.21 bits per heavy atom. The van der Waals surface area contributed by atoms with Crippen LogP contribution in [0.1, 0.15) is 33.8 Å². The lowest BCUT2D eigenvalue weighted by Gasteiger charge is -2.40. The van der Waals surface area contributed by atoms with Crippen molar-refractivity contribution in [2.75, 3.05) is 34.0 Å². The highest BCUT2D eigenvalue weighted by molar-refractivity contribution is 5.96. The molecule has 39 heavy (non-hydrogen) atoms. The SMILES string of the molecule is COCCC(=O)N(Cc1ccc(F)cc1)C1C=C(C(=O)NCCO)C2c3cc(C=O)cc(OC)c3OC2C1O. The first-order valence-electron chi connectivity index (χ1n) is 12.5. The maximum absolute atomic E-state index is 13.5. The number of hydrogen-bond donors (Lipinski definition) is 3. The second kappa shape index (κ2) is 12.4. The summed E-state index contributed by atoms with van der Waals surface area (Å²) in [6.45, 7) is -0.149. The minimum atomic E-state index is -1.28. The maximum atomic E-state index is 13.5. The number of aldehydes is 1. The fraction of sp³-hybridized carbons (Fsp3) is 0.393. The van der Waals surface area contributed by atoms with Crippen LogP contribution in [0.15, 0.2) is 48.0 Å². The van der Waals surface area contributed by atoms with E-state index >= 15 is 0 Å². The van der Waals surface area contributed by atoms with Gasteiger partial charge in [-0.25, -0.2) is 4.39 Å². The number of nitrogens with zero attached hydrogens (tertiary/aromatic N) is 1. The van der Waals surface area contributed by atoms with E-state index in [-0.39, 0.29) is 55.7 Å². The lowest BCUT2D eigenvalue weighted by atomic mass is 9.77. The molecule has 1 heterocycles. The molecule has 0 fully saturated rings. The third-order valence-electron chi connectivity index (χ3n) is 6.88. The van der Waals surface area contributed by atoms with Gasteiger partial charge in [-0.2, -0.15) is 0 Å². The molecule has 0 saturated heterocycles. The summed E-state index contributed by atoms with van der Waals surface area (Å²) >= 11 is 0. The van der Waals surface area contributed by atoms with Gasteiger partial charge < -0.3 is 34.6 Å². The Morgan fingerprint density at radius 3 is 2.59 bits per heavy atom. The molecule has 2 amide bonds. The van der Waals surface area contributed by atoms with Crippen LogP contribution in [0, 0.1) is 5.82 Å². The third-order valence-corrected chi connectivity index (χ3v) is 6.88. The molecular formula is C28H31FN2O8. The smallest absolute Gasteiger partial charge is 0.247 e. The average molecular weight is 543 g/mol. The first kappa shape index (κ1) is 28.2. The van der Waals surface area contributed by atoms with Crippen molar-refractivity contribution < 1.29 is 43.2 Å². The number of benzene rings is 2. The molecule has 4 atom stereocenters. The van der Waals surface area contributed by atoms with Gasteiger partial charge in [0, 0.05) is 36.9 Å². The minimum Gasteiger partial charge on any atom is -0.493 e. The maximum Gasteiger partial charge on any atom is 0.247 e. The van der Waals surface area contributed by atoms with Gasteiger partial charge in [-0.05, 0) is 35.9 Å². The van der Waals surface area contributed by atoms with Gasteiger partial charge in [-0.3, -0.25) is 14.4 Å². The molecule has 1 aliphatic carbocycles. The van der Waals surface area contributed by atoms with Crippen LogP contribution < -0.4 is 14.8 Å². The number of ether oxygens (including phenoxy) is 3. The Kier molecular flexibility index (Phi) is 8.95. The van der Waals surface area contributed by atoms with Crippen molar-refractivity contribution in [2.24, 2.45) is 0 Å². The van der Waals surface area contributed by atoms with Gasteiger partial charge in [-0.1, -0.05) is 12.1 Å². The molecule has 0 bridgehead atoms. The van der Waals surface area contributed by atoms with E-state index in [0.717, 1.165) is 0 Å². The zero-order chi connectivity index (χ0) is 28.1. The van der Waals surface area contributed by atoms with E-state index in [9.17, 15) is 29.0 Å². The molecule has 1 aliphatic heterocycles. The van der Waals surface area contributed by atoms with Crippen molar-refractivity contribution in [1.29, 1.82) is 0 Å². The van der Waals surface area contributed by atoms with E-state index < -0.39 is 35.9 Å². The van der Waals surface area contributed by atoms with Crippen molar-refractivity contribution in [3.05, 3.63) is 70.6 Å². The molecule has 0 saturated carbocycles. The van der Waals surface area contributed by atoms with Crippen LogP contribution in [0.25, 0.3) is 0 Å². The molecule has 4 unspecified atom stereocenters. The molecule has 0 radical (unpaired) electrons. The Morgan fingerprint density at radius 2 is 1.95 bits per heavy atom. The van der Waals surface area contributed by atoms with E-state index in [1.165, 1.54) is 55.5 Å². The van der Waals surface area contributed by atoms with E-state index in [0.29, 0.717) is 23.0 Å². The van der Waals surface area contributed by atoms with Crippen molar-refractivity contribution in [3.63, 3.8) is 0 Å². The Labute approximate surface area is 225 Å². The zero-order valence-electron chi connectivity index (χ0n) is 21.6. The summed E-state index contributed by atoms with van der Waals surface area (Å²) in [5.74, 6) is -1.53. The molecule has 2 aliphatic rings. The fourth-order valence-corrected chi connectivity index (χ4v) is 5.04. The number of amides is 2. The number of aliphatic hydroxyl groups is 2. The van der Waals surface area contributed by atoms with E-state index in [1.807, 2.05) is 0 Å². The van der Waals surface area contributed by atoms with Gasteiger partial charge in [0.2, 0.25) is 11.8 Å². The average Bonchev–Trinajstić information content (AvgIpc) is 3.34. The van der Waals surface area contributed by atoms with Crippen molar-refractivity contribution in [1.82, 2.24) is 10.2 Å². The first-order chi connectivity index (χ1) is 18.8. The molecule has 0 aromatic heterocycles. The number of rotatable bonds is 11. The molecule has 3 N–H and O–H groups in total. The number of carbonyl (C=O) groups is 3. The number of methoxy groups -OCH3 is 2. The predicted octanol–water partition coefficient (Wildman–Crippen LogP) is 1.33. The zero-order valence-corrected chi connectivity index (χ0v) is 21.6. The van der Waals surface area contributed by atoms with Gasteiger partial charge in [0.05, 0.1) is 38.7 Å². The highest BCUT2D eigenvalue weighted by Crippen LogP contribution is 2.51. The van der Waals surface area contributed by atoms with E-state index in [2.05, 4.69) is 5.32 Å². The van der Waals surface area contributed by atoms with Gasteiger partial charge in [0.1, 0.15) is 24.3 Å². The number of aliphatic hydroxyl groups excluding tert-OH is 2. The Bertz CT molecular complexity index is 1250. The van der Waals surface area contributed by atoms with Crippen LogP contribution in [-0.2, 0) is 20.9 Å². The van der Waals surface area contributed by atoms with Crippen LogP contribution in [0.3, 0.4) is 0 Å². The first-order valence-corrected chi connectivity index (χ1v) is 12.5. The molecule has 0 spiro atoms. The summed E-state index contributed by atoms with van der Waals surface area (Å²) in [5.41, 5.74) is 1.61. The predicted molar refractivity (Wildman–Crippen MR) is 137 cm³/mol. The van der Waals surface area contributed by atoms with Crippen LogP contribution in [-0.4, -0.2) is 85.4 Å². The van der Waals surface area contributed by atoms with Crippen LogP contribution in [0.4, 0.5) is 4.39 Å². The lowest BCUT2D eigenvalue weighted by Crippen LogP contribution is -2.55. The monoisotopic (exact) mass is 542 g/mol. The number of halogens is 1. The fourth-order valence-electron chi connectivity index (χ4n) is 5.04. The lowest BCUT2D eigenvalue weighted by molar-refractivity contribution is -0.139. The van der Waals surface area contributed by atoms with E-state index in [1.54, 1.807) is 6.07 Å². The quantitative estimate of drug-likeness (QED) is 0.362. The standard InChI is InChI=1S/C28H31FN2O8/c1-37-10-7-23(34)31(14-16-3-5-18(29)6-4-16)21-13-20(28(36)30-8-9-32)24-19-11-17(15-33)12-22(38-2)26(19)39-27(24)25(21)35/h3-6,11-13,15,21,24-25,27,32,35H,7-10,14H2,1-2H3,(H,30,36). The summed E-state index contributed by atoms with van der Waals surface area (Å²) < 4.78 is 30.2. The highest BCUT2D eigenvalue weighted by atomic mass is 19.1. The Balaban J connectivity index is 1.80. The molecule has 208 valence electrons. The van der Waals surface area contributed by atoms with Crippen LogP contribution in [0.5, 0.6) is 11.5 Å². The number of carbonyl (C=O) groups excluding carboxylic acids is 3. The molecule has 11 heteroatoms. The third kappa shape index (κ3) is 5.80. The van der Waals surface area contributed by atoms with Crippen molar-refractivity contribution in [2.45, 2.75) is 37.1 Å². The number of nitrogens with one attached hydrogen (secondary N) is 1. The van der Waals surface area contributed by atoms with E-state index in [4.69, 9.17) is 14.2 Å². The normalized spacial score (nSPS) is 21.2. The second-order valence-corrected chi connectivity index (χ2v) is 9.29. The summed E-state index contributed by atoms with van der Waals surface area (Å²) in [7, 11) is 2.88. The summed E-state index contributed by atoms with van der Waals surface area (Å²) in [4.78, 5) is 39.7. The van der Waals surface area contributed by atoms with Crippen molar-refractivity contribution in [3.8, 4) is 11.5 Å².